The predicted molar refractivity (Wildman–Crippen MR) is 83.1 cm³/mol. The van der Waals surface area contributed by atoms with Crippen LogP contribution >= 0.6 is 0 Å². The molecule has 0 aromatic heterocycles. The fraction of sp³-hybridized carbons (Fsp3) is 0.625. The summed E-state index contributed by atoms with van der Waals surface area (Å²) >= 11 is 0. The van der Waals surface area contributed by atoms with Gasteiger partial charge >= 0.3 is 0 Å². The van der Waals surface area contributed by atoms with Gasteiger partial charge in [-0.25, -0.2) is 0 Å². The summed E-state index contributed by atoms with van der Waals surface area (Å²) in [6.45, 7) is 6.39. The number of hydrogen-bond donors (Lipinski definition) is 1. The first kappa shape index (κ1) is 17.8. The van der Waals surface area contributed by atoms with E-state index >= 15 is 0 Å². The van der Waals surface area contributed by atoms with Gasteiger partial charge in [0.25, 0.3) is 0 Å². The molecule has 1 aromatic rings. The highest BCUT2D eigenvalue weighted by Crippen LogP contribution is 2.17. The molecule has 0 saturated carbocycles. The second kappa shape index (κ2) is 11.4. The minimum atomic E-state index is 0.146. The second-order valence-corrected chi connectivity index (χ2v) is 4.73. The second-order valence-electron chi connectivity index (χ2n) is 4.73. The number of ether oxygens (including phenoxy) is 3. The molecular weight excluding hydrogens is 270 g/mol. The molecule has 0 spiro atoms. The number of aliphatic hydroxyl groups is 1. The van der Waals surface area contributed by atoms with E-state index in [1.54, 1.807) is 7.11 Å². The van der Waals surface area contributed by atoms with Crippen LogP contribution in [0.15, 0.2) is 24.3 Å². The normalized spacial score (nSPS) is 10.9. The summed E-state index contributed by atoms with van der Waals surface area (Å²) in [5, 5.41) is 9.02. The summed E-state index contributed by atoms with van der Waals surface area (Å²) in [7, 11) is 1.68. The molecule has 21 heavy (non-hydrogen) atoms. The molecule has 0 aliphatic heterocycles. The number of benzene rings is 1. The van der Waals surface area contributed by atoms with E-state index in [0.29, 0.717) is 19.8 Å². The van der Waals surface area contributed by atoms with Crippen LogP contribution in [0, 0.1) is 0 Å². The van der Waals surface area contributed by atoms with Crippen LogP contribution in [0.3, 0.4) is 0 Å². The van der Waals surface area contributed by atoms with Gasteiger partial charge in [-0.05, 0) is 30.7 Å². The molecule has 1 rings (SSSR count). The van der Waals surface area contributed by atoms with Crippen molar-refractivity contribution >= 4 is 0 Å². The zero-order valence-corrected chi connectivity index (χ0v) is 13.1. The summed E-state index contributed by atoms with van der Waals surface area (Å²) in [4.78, 5) is 2.11. The van der Waals surface area contributed by atoms with Crippen molar-refractivity contribution in [1.29, 1.82) is 0 Å². The van der Waals surface area contributed by atoms with Crippen molar-refractivity contribution in [3.63, 3.8) is 0 Å². The van der Waals surface area contributed by atoms with Gasteiger partial charge in [-0.3, -0.25) is 4.90 Å². The van der Waals surface area contributed by atoms with Gasteiger partial charge in [0, 0.05) is 26.7 Å². The lowest BCUT2D eigenvalue weighted by atomic mass is 10.3. The monoisotopic (exact) mass is 297 g/mol. The molecule has 0 aliphatic carbocycles. The van der Waals surface area contributed by atoms with E-state index < -0.39 is 0 Å². The zero-order chi connectivity index (χ0) is 15.3. The summed E-state index contributed by atoms with van der Waals surface area (Å²) in [6.07, 6.45) is 1.00. The number of methoxy groups -OCH3 is 1. The molecule has 5 nitrogen and oxygen atoms in total. The molecule has 1 aromatic carbocycles. The molecule has 0 aliphatic rings. The standard InChI is InChI=1S/C16H27NO4/c1-3-12-20-15-4-6-16(7-5-15)21-14-10-17(8-11-18)9-13-19-2/h4-7,18H,3,8-14H2,1-2H3. The van der Waals surface area contributed by atoms with Crippen molar-refractivity contribution in [2.24, 2.45) is 0 Å². The van der Waals surface area contributed by atoms with Gasteiger partial charge in [-0.1, -0.05) is 6.92 Å². The van der Waals surface area contributed by atoms with Crippen molar-refractivity contribution in [3.8, 4) is 11.5 Å². The van der Waals surface area contributed by atoms with Crippen LogP contribution in [0.2, 0.25) is 0 Å². The Balaban J connectivity index is 2.29. The fourth-order valence-corrected chi connectivity index (χ4v) is 1.84. The largest absolute Gasteiger partial charge is 0.494 e. The number of nitrogens with zero attached hydrogens (tertiary/aromatic N) is 1. The van der Waals surface area contributed by atoms with Gasteiger partial charge in [0.2, 0.25) is 0 Å². The van der Waals surface area contributed by atoms with E-state index in [1.807, 2.05) is 24.3 Å². The highest BCUT2D eigenvalue weighted by molar-refractivity contribution is 5.31. The van der Waals surface area contributed by atoms with Crippen molar-refractivity contribution in [2.45, 2.75) is 13.3 Å². The van der Waals surface area contributed by atoms with Crippen molar-refractivity contribution < 1.29 is 19.3 Å². The minimum Gasteiger partial charge on any atom is -0.494 e. The molecule has 0 fully saturated rings. The Morgan fingerprint density at radius 3 is 2.00 bits per heavy atom. The van der Waals surface area contributed by atoms with Gasteiger partial charge in [-0.15, -0.1) is 0 Å². The number of hydrogen-bond acceptors (Lipinski definition) is 5. The smallest absolute Gasteiger partial charge is 0.119 e. The third-order valence-corrected chi connectivity index (χ3v) is 3.00. The summed E-state index contributed by atoms with van der Waals surface area (Å²) in [5.41, 5.74) is 0. The maximum Gasteiger partial charge on any atom is 0.119 e. The van der Waals surface area contributed by atoms with E-state index in [4.69, 9.17) is 19.3 Å². The van der Waals surface area contributed by atoms with E-state index in [-0.39, 0.29) is 6.61 Å². The average Bonchev–Trinajstić information content (AvgIpc) is 2.52. The van der Waals surface area contributed by atoms with Crippen molar-refractivity contribution in [2.75, 3.05) is 53.2 Å². The Morgan fingerprint density at radius 2 is 1.48 bits per heavy atom. The van der Waals surface area contributed by atoms with Gasteiger partial charge in [-0.2, -0.15) is 0 Å². The van der Waals surface area contributed by atoms with Crippen LogP contribution < -0.4 is 9.47 Å². The van der Waals surface area contributed by atoms with Gasteiger partial charge < -0.3 is 19.3 Å². The SMILES string of the molecule is CCCOc1ccc(OCCN(CCO)CCOC)cc1. The first-order valence-electron chi connectivity index (χ1n) is 7.48. The first-order chi connectivity index (χ1) is 10.3. The van der Waals surface area contributed by atoms with Crippen LogP contribution in [0.5, 0.6) is 11.5 Å². The minimum absolute atomic E-state index is 0.146. The van der Waals surface area contributed by atoms with Gasteiger partial charge in [0.15, 0.2) is 0 Å². The Bertz CT molecular complexity index is 356. The van der Waals surface area contributed by atoms with Gasteiger partial charge in [0.1, 0.15) is 18.1 Å². The summed E-state index contributed by atoms with van der Waals surface area (Å²) in [6, 6.07) is 7.66. The van der Waals surface area contributed by atoms with E-state index in [9.17, 15) is 0 Å². The van der Waals surface area contributed by atoms with Crippen LogP contribution in [0.1, 0.15) is 13.3 Å². The lowest BCUT2D eigenvalue weighted by Gasteiger charge is -2.20. The predicted octanol–water partition coefficient (Wildman–Crippen LogP) is 1.79. The van der Waals surface area contributed by atoms with Crippen LogP contribution in [-0.2, 0) is 4.74 Å². The first-order valence-corrected chi connectivity index (χ1v) is 7.48. The molecule has 5 heteroatoms. The quantitative estimate of drug-likeness (QED) is 0.637. The Morgan fingerprint density at radius 1 is 0.905 bits per heavy atom. The molecule has 0 saturated heterocycles. The topological polar surface area (TPSA) is 51.2 Å². The fourth-order valence-electron chi connectivity index (χ4n) is 1.84. The molecule has 0 heterocycles. The Labute approximate surface area is 127 Å². The van der Waals surface area contributed by atoms with Crippen LogP contribution in [0.4, 0.5) is 0 Å². The summed E-state index contributed by atoms with van der Waals surface area (Å²) < 4.78 is 16.3. The van der Waals surface area contributed by atoms with Gasteiger partial charge in [0.05, 0.1) is 19.8 Å². The molecule has 0 radical (unpaired) electrons. The molecular formula is C16H27NO4. The average molecular weight is 297 g/mol. The highest BCUT2D eigenvalue weighted by Gasteiger charge is 2.04. The maximum absolute atomic E-state index is 9.02. The lowest BCUT2D eigenvalue weighted by Crippen LogP contribution is -2.33. The lowest BCUT2D eigenvalue weighted by molar-refractivity contribution is 0.118. The Hall–Kier alpha value is -1.30. The zero-order valence-electron chi connectivity index (χ0n) is 13.1. The molecule has 0 unspecified atom stereocenters. The maximum atomic E-state index is 9.02. The van der Waals surface area contributed by atoms with E-state index in [1.165, 1.54) is 0 Å². The third-order valence-electron chi connectivity index (χ3n) is 3.00. The molecule has 0 atom stereocenters. The van der Waals surface area contributed by atoms with Crippen LogP contribution in [-0.4, -0.2) is 63.2 Å². The molecule has 0 bridgehead atoms. The van der Waals surface area contributed by atoms with Crippen molar-refractivity contribution in [1.82, 2.24) is 4.90 Å². The number of aliphatic hydroxyl groups excluding tert-OH is 1. The third kappa shape index (κ3) is 7.90. The Kier molecular flexibility index (Phi) is 9.61. The molecule has 1 N–H and O–H groups in total. The number of rotatable bonds is 12. The molecule has 120 valence electrons. The van der Waals surface area contributed by atoms with E-state index in [2.05, 4.69) is 11.8 Å². The van der Waals surface area contributed by atoms with Crippen molar-refractivity contribution in [3.05, 3.63) is 24.3 Å². The van der Waals surface area contributed by atoms with E-state index in [0.717, 1.165) is 37.6 Å². The summed E-state index contributed by atoms with van der Waals surface area (Å²) in [5.74, 6) is 1.70. The highest BCUT2D eigenvalue weighted by atomic mass is 16.5. The molecule has 0 amide bonds. The van der Waals surface area contributed by atoms with Crippen LogP contribution in [0.25, 0.3) is 0 Å².